The van der Waals surface area contributed by atoms with Crippen LogP contribution in [0.5, 0.6) is 0 Å². The lowest BCUT2D eigenvalue weighted by molar-refractivity contribution is -0.146. The van der Waals surface area contributed by atoms with Gasteiger partial charge in [0, 0.05) is 0 Å². The standard InChI is InChI=1S/C21H22N2O3/c1-3-14-10-12-16(13-11-14)19-17(20(24)26-4-2)18(22-21(25)23-19)15-8-6-5-7-9-15/h5-13,17,19H,3-4H2,1-2H3,(H,23,25). The number of aliphatic imine (C=N–C) groups is 1. The van der Waals surface area contributed by atoms with Crippen molar-refractivity contribution in [2.24, 2.45) is 10.9 Å². The molecule has 2 unspecified atom stereocenters. The van der Waals surface area contributed by atoms with Gasteiger partial charge in [-0.1, -0.05) is 61.5 Å². The van der Waals surface area contributed by atoms with E-state index in [2.05, 4.69) is 17.2 Å². The summed E-state index contributed by atoms with van der Waals surface area (Å²) < 4.78 is 5.29. The van der Waals surface area contributed by atoms with Crippen LogP contribution in [-0.4, -0.2) is 24.3 Å². The van der Waals surface area contributed by atoms with Crippen molar-refractivity contribution in [3.8, 4) is 0 Å². The van der Waals surface area contributed by atoms with Gasteiger partial charge in [0.15, 0.2) is 0 Å². The molecule has 0 fully saturated rings. The molecule has 0 bridgehead atoms. The second-order valence-electron chi connectivity index (χ2n) is 6.12. The highest BCUT2D eigenvalue weighted by Gasteiger charge is 2.40. The Morgan fingerprint density at radius 1 is 1.08 bits per heavy atom. The Morgan fingerprint density at radius 2 is 1.77 bits per heavy atom. The molecule has 5 nitrogen and oxygen atoms in total. The highest BCUT2D eigenvalue weighted by molar-refractivity contribution is 6.17. The Hall–Kier alpha value is -2.95. The van der Waals surface area contributed by atoms with Gasteiger partial charge in [-0.2, -0.15) is 4.99 Å². The molecular weight excluding hydrogens is 328 g/mol. The molecule has 0 aliphatic carbocycles. The highest BCUT2D eigenvalue weighted by atomic mass is 16.5. The second kappa shape index (κ2) is 7.95. The number of ether oxygens (including phenoxy) is 1. The zero-order valence-corrected chi connectivity index (χ0v) is 14.9. The Bertz CT molecular complexity index is 813. The molecule has 1 heterocycles. The number of hydrogen-bond acceptors (Lipinski definition) is 3. The van der Waals surface area contributed by atoms with Crippen molar-refractivity contribution in [2.75, 3.05) is 6.61 Å². The lowest BCUT2D eigenvalue weighted by Gasteiger charge is -2.31. The molecule has 1 aliphatic rings. The number of urea groups is 1. The van der Waals surface area contributed by atoms with Crippen molar-refractivity contribution in [3.63, 3.8) is 0 Å². The number of aryl methyl sites for hydroxylation is 1. The van der Waals surface area contributed by atoms with Crippen LogP contribution in [0.3, 0.4) is 0 Å². The van der Waals surface area contributed by atoms with Gasteiger partial charge < -0.3 is 10.1 Å². The van der Waals surface area contributed by atoms with Crippen LogP contribution in [0.1, 0.15) is 36.6 Å². The third-order valence-corrected chi connectivity index (χ3v) is 4.49. The molecule has 2 amide bonds. The molecule has 0 saturated heterocycles. The van der Waals surface area contributed by atoms with Crippen LogP contribution in [0.4, 0.5) is 4.79 Å². The van der Waals surface area contributed by atoms with Crippen molar-refractivity contribution in [1.29, 1.82) is 0 Å². The van der Waals surface area contributed by atoms with Crippen LogP contribution >= 0.6 is 0 Å². The topological polar surface area (TPSA) is 67.8 Å². The highest BCUT2D eigenvalue weighted by Crippen LogP contribution is 2.30. The normalized spacial score (nSPS) is 19.5. The molecule has 3 rings (SSSR count). The first kappa shape index (κ1) is 17.9. The average Bonchev–Trinajstić information content (AvgIpc) is 2.68. The molecule has 0 aromatic heterocycles. The van der Waals surface area contributed by atoms with Gasteiger partial charge in [0.1, 0.15) is 5.92 Å². The summed E-state index contributed by atoms with van der Waals surface area (Å²) >= 11 is 0. The summed E-state index contributed by atoms with van der Waals surface area (Å²) in [4.78, 5) is 29.1. The fourth-order valence-electron chi connectivity index (χ4n) is 3.15. The van der Waals surface area contributed by atoms with Crippen LogP contribution in [0.25, 0.3) is 0 Å². The van der Waals surface area contributed by atoms with Crippen molar-refractivity contribution in [3.05, 3.63) is 71.3 Å². The van der Waals surface area contributed by atoms with Crippen molar-refractivity contribution in [1.82, 2.24) is 5.32 Å². The fourth-order valence-corrected chi connectivity index (χ4v) is 3.15. The maximum absolute atomic E-state index is 12.7. The first-order chi connectivity index (χ1) is 12.6. The number of amides is 2. The number of nitrogens with one attached hydrogen (secondary N) is 1. The molecule has 0 saturated carbocycles. The van der Waals surface area contributed by atoms with E-state index in [9.17, 15) is 9.59 Å². The minimum Gasteiger partial charge on any atom is -0.465 e. The molecule has 0 radical (unpaired) electrons. The van der Waals surface area contributed by atoms with Gasteiger partial charge in [-0.15, -0.1) is 0 Å². The fraction of sp³-hybridized carbons (Fsp3) is 0.286. The van der Waals surface area contributed by atoms with E-state index in [1.165, 1.54) is 5.56 Å². The Balaban J connectivity index is 2.06. The number of benzene rings is 2. The van der Waals surface area contributed by atoms with Gasteiger partial charge in [-0.25, -0.2) is 4.79 Å². The van der Waals surface area contributed by atoms with Crippen LogP contribution in [0, 0.1) is 5.92 Å². The number of nitrogens with zero attached hydrogens (tertiary/aromatic N) is 1. The summed E-state index contributed by atoms with van der Waals surface area (Å²) in [6, 6.07) is 16.3. The summed E-state index contributed by atoms with van der Waals surface area (Å²) in [7, 11) is 0. The zero-order chi connectivity index (χ0) is 18.5. The van der Waals surface area contributed by atoms with Gasteiger partial charge in [-0.05, 0) is 30.0 Å². The van der Waals surface area contributed by atoms with E-state index in [4.69, 9.17) is 4.74 Å². The lowest BCUT2D eigenvalue weighted by atomic mass is 9.84. The molecule has 2 atom stereocenters. The van der Waals surface area contributed by atoms with Gasteiger partial charge in [0.05, 0.1) is 18.4 Å². The largest absolute Gasteiger partial charge is 0.465 e. The molecule has 2 aromatic carbocycles. The predicted molar refractivity (Wildman–Crippen MR) is 100 cm³/mol. The molecule has 134 valence electrons. The quantitative estimate of drug-likeness (QED) is 0.837. The summed E-state index contributed by atoms with van der Waals surface area (Å²) in [5.74, 6) is -1.08. The maximum Gasteiger partial charge on any atom is 0.341 e. The van der Waals surface area contributed by atoms with Gasteiger partial charge in [0.25, 0.3) is 0 Å². The molecule has 1 N–H and O–H groups in total. The van der Waals surface area contributed by atoms with Crippen LogP contribution in [0.2, 0.25) is 0 Å². The summed E-state index contributed by atoms with van der Waals surface area (Å²) in [6.45, 7) is 4.12. The minimum atomic E-state index is -0.692. The third-order valence-electron chi connectivity index (χ3n) is 4.49. The summed E-state index contributed by atoms with van der Waals surface area (Å²) in [5, 5.41) is 2.83. The molecule has 5 heteroatoms. The van der Waals surface area contributed by atoms with E-state index in [-0.39, 0.29) is 12.6 Å². The van der Waals surface area contributed by atoms with Gasteiger partial charge in [-0.3, -0.25) is 4.79 Å². The molecule has 26 heavy (non-hydrogen) atoms. The third kappa shape index (κ3) is 3.67. The van der Waals surface area contributed by atoms with Gasteiger partial charge >= 0.3 is 12.0 Å². The first-order valence-corrected chi connectivity index (χ1v) is 8.84. The maximum atomic E-state index is 12.7. The van der Waals surface area contributed by atoms with E-state index in [1.54, 1.807) is 6.92 Å². The van der Waals surface area contributed by atoms with E-state index < -0.39 is 18.0 Å². The Kier molecular flexibility index (Phi) is 5.46. The monoisotopic (exact) mass is 350 g/mol. The zero-order valence-electron chi connectivity index (χ0n) is 14.9. The lowest BCUT2D eigenvalue weighted by Crippen LogP contribution is -2.45. The van der Waals surface area contributed by atoms with E-state index >= 15 is 0 Å². The van der Waals surface area contributed by atoms with E-state index in [0.717, 1.165) is 17.5 Å². The molecule has 1 aliphatic heterocycles. The minimum absolute atomic E-state index is 0.271. The first-order valence-electron chi connectivity index (χ1n) is 8.84. The Morgan fingerprint density at radius 3 is 2.38 bits per heavy atom. The number of carbonyl (C=O) groups is 2. The van der Waals surface area contributed by atoms with Crippen LogP contribution < -0.4 is 5.32 Å². The number of esters is 1. The number of hydrogen-bond donors (Lipinski definition) is 1. The average molecular weight is 350 g/mol. The predicted octanol–water partition coefficient (Wildman–Crippen LogP) is 3.68. The van der Waals surface area contributed by atoms with Crippen LogP contribution in [-0.2, 0) is 16.0 Å². The van der Waals surface area contributed by atoms with Crippen molar-refractivity contribution < 1.29 is 14.3 Å². The second-order valence-corrected chi connectivity index (χ2v) is 6.12. The Labute approximate surface area is 153 Å². The molecule has 2 aromatic rings. The van der Waals surface area contributed by atoms with E-state index in [1.807, 2.05) is 54.6 Å². The van der Waals surface area contributed by atoms with Crippen molar-refractivity contribution in [2.45, 2.75) is 26.3 Å². The van der Waals surface area contributed by atoms with Crippen molar-refractivity contribution >= 4 is 17.7 Å². The van der Waals surface area contributed by atoms with Crippen LogP contribution in [0.15, 0.2) is 59.6 Å². The summed E-state index contributed by atoms with van der Waals surface area (Å²) in [5.41, 5.74) is 3.24. The summed E-state index contributed by atoms with van der Waals surface area (Å²) in [6.07, 6.45) is 0.926. The molecular formula is C21H22N2O3. The molecule has 0 spiro atoms. The van der Waals surface area contributed by atoms with Gasteiger partial charge in [0.2, 0.25) is 0 Å². The smallest absolute Gasteiger partial charge is 0.341 e. The number of carbonyl (C=O) groups excluding carboxylic acids is 2. The SMILES string of the molecule is CCOC(=O)C1C(c2ccccc2)=NC(=O)NC1c1ccc(CC)cc1. The number of rotatable bonds is 5. The van der Waals surface area contributed by atoms with E-state index in [0.29, 0.717) is 5.71 Å².